The first-order chi connectivity index (χ1) is 7.79. The van der Waals surface area contributed by atoms with E-state index in [1.165, 1.54) is 0 Å². The molecule has 0 unspecified atom stereocenters. The predicted octanol–water partition coefficient (Wildman–Crippen LogP) is 2.22. The standard InChI is InChI=1S/C12H15N3O/c1-2-15-7-6-13-12(15)9-14-10-4-3-5-11(16)8-10/h3-8,14,16H,2,9H2,1H3. The molecule has 2 rings (SSSR count). The van der Waals surface area contributed by atoms with Crippen molar-refractivity contribution >= 4 is 5.69 Å². The summed E-state index contributed by atoms with van der Waals surface area (Å²) in [5, 5.41) is 12.5. The minimum Gasteiger partial charge on any atom is -0.508 e. The number of aromatic nitrogens is 2. The Balaban J connectivity index is 2.02. The molecule has 4 heteroatoms. The summed E-state index contributed by atoms with van der Waals surface area (Å²) >= 11 is 0. The first-order valence-electron chi connectivity index (χ1n) is 5.32. The zero-order valence-corrected chi connectivity index (χ0v) is 9.22. The Morgan fingerprint density at radius 1 is 1.44 bits per heavy atom. The van der Waals surface area contributed by atoms with E-state index in [1.807, 2.05) is 18.3 Å². The van der Waals surface area contributed by atoms with Gasteiger partial charge in [-0.25, -0.2) is 4.98 Å². The van der Waals surface area contributed by atoms with Crippen LogP contribution in [-0.2, 0) is 13.1 Å². The molecule has 0 radical (unpaired) electrons. The van der Waals surface area contributed by atoms with E-state index in [2.05, 4.69) is 21.8 Å². The van der Waals surface area contributed by atoms with Crippen molar-refractivity contribution in [1.29, 1.82) is 0 Å². The lowest BCUT2D eigenvalue weighted by Crippen LogP contribution is -2.07. The number of phenols is 1. The van der Waals surface area contributed by atoms with Gasteiger partial charge in [-0.05, 0) is 19.1 Å². The normalized spacial score (nSPS) is 10.3. The Morgan fingerprint density at radius 3 is 3.06 bits per heavy atom. The van der Waals surface area contributed by atoms with Gasteiger partial charge in [0.15, 0.2) is 0 Å². The molecule has 0 fully saturated rings. The first kappa shape index (κ1) is 10.5. The molecule has 1 aromatic heterocycles. The molecule has 4 nitrogen and oxygen atoms in total. The van der Waals surface area contributed by atoms with Crippen LogP contribution in [-0.4, -0.2) is 14.7 Å². The highest BCUT2D eigenvalue weighted by Gasteiger charge is 2.00. The van der Waals surface area contributed by atoms with E-state index in [1.54, 1.807) is 18.3 Å². The summed E-state index contributed by atoms with van der Waals surface area (Å²) in [5.41, 5.74) is 0.894. The quantitative estimate of drug-likeness (QED) is 0.825. The number of benzene rings is 1. The van der Waals surface area contributed by atoms with E-state index < -0.39 is 0 Å². The van der Waals surface area contributed by atoms with Gasteiger partial charge in [-0.3, -0.25) is 0 Å². The lowest BCUT2D eigenvalue weighted by Gasteiger charge is -2.08. The molecule has 1 heterocycles. The molecule has 0 aliphatic rings. The highest BCUT2D eigenvalue weighted by molar-refractivity contribution is 5.47. The van der Waals surface area contributed by atoms with Crippen molar-refractivity contribution in [3.63, 3.8) is 0 Å². The molecule has 2 aromatic rings. The molecule has 84 valence electrons. The number of nitrogens with zero attached hydrogens (tertiary/aromatic N) is 2. The van der Waals surface area contributed by atoms with Gasteiger partial charge < -0.3 is 15.0 Å². The molecule has 0 atom stereocenters. The minimum atomic E-state index is 0.267. The number of aromatic hydroxyl groups is 1. The Morgan fingerprint density at radius 2 is 2.31 bits per heavy atom. The summed E-state index contributed by atoms with van der Waals surface area (Å²) in [7, 11) is 0. The van der Waals surface area contributed by atoms with Crippen molar-refractivity contribution in [2.75, 3.05) is 5.32 Å². The number of phenolic OH excluding ortho intramolecular Hbond substituents is 1. The number of nitrogens with one attached hydrogen (secondary N) is 1. The van der Waals surface area contributed by atoms with E-state index in [0.717, 1.165) is 18.1 Å². The fourth-order valence-corrected chi connectivity index (χ4v) is 1.59. The fraction of sp³-hybridized carbons (Fsp3) is 0.250. The van der Waals surface area contributed by atoms with Gasteiger partial charge in [0.05, 0.1) is 6.54 Å². The molecule has 1 aromatic carbocycles. The second kappa shape index (κ2) is 4.70. The minimum absolute atomic E-state index is 0.267. The van der Waals surface area contributed by atoms with Crippen LogP contribution in [0.1, 0.15) is 12.7 Å². The summed E-state index contributed by atoms with van der Waals surface area (Å²) in [5.74, 6) is 1.26. The number of hydrogen-bond acceptors (Lipinski definition) is 3. The van der Waals surface area contributed by atoms with Crippen molar-refractivity contribution < 1.29 is 5.11 Å². The zero-order chi connectivity index (χ0) is 11.4. The predicted molar refractivity (Wildman–Crippen MR) is 63.3 cm³/mol. The molecule has 0 amide bonds. The SMILES string of the molecule is CCn1ccnc1CNc1cccc(O)c1. The summed E-state index contributed by atoms with van der Waals surface area (Å²) in [6.07, 6.45) is 3.75. The van der Waals surface area contributed by atoms with E-state index in [-0.39, 0.29) is 5.75 Å². The van der Waals surface area contributed by atoms with Gasteiger partial charge in [-0.2, -0.15) is 0 Å². The van der Waals surface area contributed by atoms with Gasteiger partial charge in [-0.15, -0.1) is 0 Å². The largest absolute Gasteiger partial charge is 0.508 e. The number of imidazole rings is 1. The van der Waals surface area contributed by atoms with Crippen molar-refractivity contribution in [3.8, 4) is 5.75 Å². The van der Waals surface area contributed by atoms with Crippen LogP contribution in [0.2, 0.25) is 0 Å². The third-order valence-electron chi connectivity index (χ3n) is 2.44. The van der Waals surface area contributed by atoms with Crippen LogP contribution >= 0.6 is 0 Å². The highest BCUT2D eigenvalue weighted by atomic mass is 16.3. The highest BCUT2D eigenvalue weighted by Crippen LogP contribution is 2.15. The topological polar surface area (TPSA) is 50.1 Å². The molecule has 0 saturated carbocycles. The number of aryl methyl sites for hydroxylation is 1. The van der Waals surface area contributed by atoms with Crippen LogP contribution in [0, 0.1) is 0 Å². The van der Waals surface area contributed by atoms with Gasteiger partial charge in [0.25, 0.3) is 0 Å². The van der Waals surface area contributed by atoms with Gasteiger partial charge >= 0.3 is 0 Å². The van der Waals surface area contributed by atoms with Crippen molar-refractivity contribution in [1.82, 2.24) is 9.55 Å². The third kappa shape index (κ3) is 2.34. The van der Waals surface area contributed by atoms with Crippen LogP contribution in [0.25, 0.3) is 0 Å². The summed E-state index contributed by atoms with van der Waals surface area (Å²) in [6, 6.07) is 7.07. The Labute approximate surface area is 94.6 Å². The molecule has 0 aliphatic carbocycles. The third-order valence-corrected chi connectivity index (χ3v) is 2.44. The lowest BCUT2D eigenvalue weighted by molar-refractivity contribution is 0.475. The summed E-state index contributed by atoms with van der Waals surface area (Å²) < 4.78 is 2.08. The molecule has 16 heavy (non-hydrogen) atoms. The van der Waals surface area contributed by atoms with Crippen LogP contribution in [0.4, 0.5) is 5.69 Å². The van der Waals surface area contributed by atoms with E-state index in [4.69, 9.17) is 0 Å². The lowest BCUT2D eigenvalue weighted by atomic mass is 10.3. The van der Waals surface area contributed by atoms with E-state index in [9.17, 15) is 5.11 Å². The van der Waals surface area contributed by atoms with Gasteiger partial charge in [0.1, 0.15) is 11.6 Å². The summed E-state index contributed by atoms with van der Waals surface area (Å²) in [6.45, 7) is 3.65. The molecule has 0 aliphatic heterocycles. The van der Waals surface area contributed by atoms with E-state index in [0.29, 0.717) is 6.54 Å². The summed E-state index contributed by atoms with van der Waals surface area (Å²) in [4.78, 5) is 4.26. The Kier molecular flexibility index (Phi) is 3.10. The average Bonchev–Trinajstić information content (AvgIpc) is 2.74. The van der Waals surface area contributed by atoms with Crippen LogP contribution in [0.15, 0.2) is 36.7 Å². The van der Waals surface area contributed by atoms with Gasteiger partial charge in [0, 0.05) is 30.7 Å². The smallest absolute Gasteiger partial charge is 0.128 e. The Bertz CT molecular complexity index is 465. The van der Waals surface area contributed by atoms with Crippen LogP contribution in [0.3, 0.4) is 0 Å². The van der Waals surface area contributed by atoms with E-state index >= 15 is 0 Å². The number of anilines is 1. The maximum absolute atomic E-state index is 9.31. The molecule has 2 N–H and O–H groups in total. The maximum atomic E-state index is 9.31. The van der Waals surface area contributed by atoms with Crippen molar-refractivity contribution in [3.05, 3.63) is 42.5 Å². The van der Waals surface area contributed by atoms with Gasteiger partial charge in [0.2, 0.25) is 0 Å². The maximum Gasteiger partial charge on any atom is 0.128 e. The zero-order valence-electron chi connectivity index (χ0n) is 9.22. The van der Waals surface area contributed by atoms with Crippen LogP contribution in [0.5, 0.6) is 5.75 Å². The molecular formula is C12H15N3O. The number of hydrogen-bond donors (Lipinski definition) is 2. The number of rotatable bonds is 4. The average molecular weight is 217 g/mol. The Hall–Kier alpha value is -1.97. The monoisotopic (exact) mass is 217 g/mol. The van der Waals surface area contributed by atoms with Crippen LogP contribution < -0.4 is 5.32 Å². The molecule has 0 saturated heterocycles. The van der Waals surface area contributed by atoms with Crippen molar-refractivity contribution in [2.24, 2.45) is 0 Å². The second-order valence-corrected chi connectivity index (χ2v) is 3.53. The second-order valence-electron chi connectivity index (χ2n) is 3.53. The molecule has 0 spiro atoms. The molecular weight excluding hydrogens is 202 g/mol. The fourth-order valence-electron chi connectivity index (χ4n) is 1.59. The van der Waals surface area contributed by atoms with Gasteiger partial charge in [-0.1, -0.05) is 6.07 Å². The first-order valence-corrected chi connectivity index (χ1v) is 5.32. The molecule has 0 bridgehead atoms. The van der Waals surface area contributed by atoms with Crippen molar-refractivity contribution in [2.45, 2.75) is 20.0 Å².